The Kier molecular flexibility index (Phi) is 3.31. The standard InChI is InChI=1S/C11H14N4O3/c12-8-3-6(11(17)18)4-14-10(8)15-7-1-2-9(16)13-5-7/h3-4,7H,1-2,5,12H2,(H,13,16)(H,14,15)(H,17,18). The first kappa shape index (κ1) is 12.2. The second kappa shape index (κ2) is 4.91. The van der Waals surface area contributed by atoms with Crippen molar-refractivity contribution in [1.29, 1.82) is 0 Å². The minimum Gasteiger partial charge on any atom is -0.478 e. The number of hydrogen-bond acceptors (Lipinski definition) is 5. The summed E-state index contributed by atoms with van der Waals surface area (Å²) in [5, 5.41) is 14.6. The van der Waals surface area contributed by atoms with Crippen LogP contribution in [0.4, 0.5) is 11.5 Å². The first-order chi connectivity index (χ1) is 8.56. The monoisotopic (exact) mass is 250 g/mol. The number of piperidine rings is 1. The van der Waals surface area contributed by atoms with Gasteiger partial charge in [-0.25, -0.2) is 9.78 Å². The number of rotatable bonds is 3. The number of carbonyl (C=O) groups excluding carboxylic acids is 1. The van der Waals surface area contributed by atoms with Crippen LogP contribution in [-0.4, -0.2) is 34.6 Å². The van der Waals surface area contributed by atoms with Gasteiger partial charge in [-0.2, -0.15) is 0 Å². The van der Waals surface area contributed by atoms with Gasteiger partial charge in [0.25, 0.3) is 0 Å². The van der Waals surface area contributed by atoms with Crippen LogP contribution >= 0.6 is 0 Å². The number of carbonyl (C=O) groups is 2. The van der Waals surface area contributed by atoms with E-state index < -0.39 is 5.97 Å². The molecule has 0 saturated carbocycles. The molecule has 7 nitrogen and oxygen atoms in total. The third kappa shape index (κ3) is 2.68. The molecule has 96 valence electrons. The van der Waals surface area contributed by atoms with Crippen LogP contribution in [-0.2, 0) is 4.79 Å². The number of nitrogens with one attached hydrogen (secondary N) is 2. The van der Waals surface area contributed by atoms with Crippen molar-refractivity contribution in [3.8, 4) is 0 Å². The number of nitrogen functional groups attached to an aromatic ring is 1. The van der Waals surface area contributed by atoms with Crippen LogP contribution in [0.15, 0.2) is 12.3 Å². The van der Waals surface area contributed by atoms with Crippen molar-refractivity contribution in [2.24, 2.45) is 0 Å². The average Bonchev–Trinajstić information content (AvgIpc) is 2.34. The van der Waals surface area contributed by atoms with Gasteiger partial charge in [-0.05, 0) is 12.5 Å². The summed E-state index contributed by atoms with van der Waals surface area (Å²) in [6, 6.07) is 1.42. The van der Waals surface area contributed by atoms with Crippen LogP contribution < -0.4 is 16.4 Å². The maximum absolute atomic E-state index is 11.0. The number of aromatic nitrogens is 1. The molecule has 1 aromatic heterocycles. The highest BCUT2D eigenvalue weighted by atomic mass is 16.4. The number of nitrogens with two attached hydrogens (primary N) is 1. The number of carboxylic acid groups (broad SMARTS) is 1. The molecule has 1 aromatic rings. The summed E-state index contributed by atoms with van der Waals surface area (Å²) in [5.74, 6) is -0.581. The molecule has 1 aliphatic rings. The third-order valence-corrected chi connectivity index (χ3v) is 2.77. The van der Waals surface area contributed by atoms with E-state index in [1.165, 1.54) is 12.3 Å². The predicted octanol–water partition coefficient (Wildman–Crippen LogP) is 0.0525. The zero-order valence-corrected chi connectivity index (χ0v) is 9.64. The molecular formula is C11H14N4O3. The Morgan fingerprint density at radius 1 is 1.61 bits per heavy atom. The van der Waals surface area contributed by atoms with Gasteiger partial charge in [0.1, 0.15) is 5.82 Å². The van der Waals surface area contributed by atoms with Crippen molar-refractivity contribution in [2.45, 2.75) is 18.9 Å². The van der Waals surface area contributed by atoms with E-state index in [1.54, 1.807) is 0 Å². The van der Waals surface area contributed by atoms with Crippen molar-refractivity contribution in [1.82, 2.24) is 10.3 Å². The van der Waals surface area contributed by atoms with Gasteiger partial charge in [0.2, 0.25) is 5.91 Å². The van der Waals surface area contributed by atoms with Crippen molar-refractivity contribution >= 4 is 23.4 Å². The van der Waals surface area contributed by atoms with Crippen LogP contribution in [0.3, 0.4) is 0 Å². The van der Waals surface area contributed by atoms with E-state index in [0.29, 0.717) is 25.2 Å². The van der Waals surface area contributed by atoms with Crippen molar-refractivity contribution in [2.75, 3.05) is 17.6 Å². The fourth-order valence-corrected chi connectivity index (χ4v) is 1.77. The summed E-state index contributed by atoms with van der Waals surface area (Å²) in [4.78, 5) is 25.7. The molecule has 18 heavy (non-hydrogen) atoms. The van der Waals surface area contributed by atoms with E-state index in [1.807, 2.05) is 0 Å². The minimum absolute atomic E-state index is 0.0372. The summed E-state index contributed by atoms with van der Waals surface area (Å²) in [5.41, 5.74) is 6.06. The van der Waals surface area contributed by atoms with Gasteiger partial charge in [-0.15, -0.1) is 0 Å². The summed E-state index contributed by atoms with van der Waals surface area (Å²) in [6.45, 7) is 0.515. The number of carboxylic acids is 1. The van der Waals surface area contributed by atoms with Crippen molar-refractivity contribution in [3.63, 3.8) is 0 Å². The molecule has 1 fully saturated rings. The van der Waals surface area contributed by atoms with Gasteiger partial charge in [-0.3, -0.25) is 4.79 Å². The van der Waals surface area contributed by atoms with Gasteiger partial charge in [0.15, 0.2) is 0 Å². The maximum Gasteiger partial charge on any atom is 0.337 e. The number of amides is 1. The fourth-order valence-electron chi connectivity index (χ4n) is 1.77. The summed E-state index contributed by atoms with van der Waals surface area (Å²) in [6.07, 6.45) is 2.42. The van der Waals surface area contributed by atoms with E-state index >= 15 is 0 Å². The topological polar surface area (TPSA) is 117 Å². The molecule has 1 atom stereocenters. The average molecular weight is 250 g/mol. The lowest BCUT2D eigenvalue weighted by atomic mass is 10.1. The highest BCUT2D eigenvalue weighted by molar-refractivity contribution is 5.89. The minimum atomic E-state index is -1.06. The molecule has 5 N–H and O–H groups in total. The second-order valence-electron chi connectivity index (χ2n) is 4.15. The molecular weight excluding hydrogens is 236 g/mol. The Bertz CT molecular complexity index is 479. The maximum atomic E-state index is 11.0. The first-order valence-electron chi connectivity index (χ1n) is 5.58. The lowest BCUT2D eigenvalue weighted by molar-refractivity contribution is -0.122. The number of aromatic carboxylic acids is 1. The molecule has 2 heterocycles. The lowest BCUT2D eigenvalue weighted by Crippen LogP contribution is -2.42. The smallest absolute Gasteiger partial charge is 0.337 e. The van der Waals surface area contributed by atoms with Crippen LogP contribution in [0.2, 0.25) is 0 Å². The highest BCUT2D eigenvalue weighted by Gasteiger charge is 2.19. The number of nitrogens with zero attached hydrogens (tertiary/aromatic N) is 1. The number of hydrogen-bond donors (Lipinski definition) is 4. The van der Waals surface area contributed by atoms with Crippen molar-refractivity contribution in [3.05, 3.63) is 17.8 Å². The molecule has 1 aliphatic heterocycles. The van der Waals surface area contributed by atoms with E-state index in [-0.39, 0.29) is 23.2 Å². The largest absolute Gasteiger partial charge is 0.478 e. The Morgan fingerprint density at radius 2 is 2.39 bits per heavy atom. The zero-order chi connectivity index (χ0) is 13.1. The number of pyridine rings is 1. The summed E-state index contributed by atoms with van der Waals surface area (Å²) < 4.78 is 0. The molecule has 0 aliphatic carbocycles. The van der Waals surface area contributed by atoms with E-state index in [9.17, 15) is 9.59 Å². The third-order valence-electron chi connectivity index (χ3n) is 2.77. The molecule has 1 unspecified atom stereocenters. The highest BCUT2D eigenvalue weighted by Crippen LogP contribution is 2.19. The predicted molar refractivity (Wildman–Crippen MR) is 65.3 cm³/mol. The lowest BCUT2D eigenvalue weighted by Gasteiger charge is -2.24. The molecule has 1 saturated heterocycles. The summed E-state index contributed by atoms with van der Waals surface area (Å²) in [7, 11) is 0. The van der Waals surface area contributed by atoms with Gasteiger partial charge in [0.05, 0.1) is 11.3 Å². The van der Waals surface area contributed by atoms with E-state index in [0.717, 1.165) is 0 Å². The van der Waals surface area contributed by atoms with Gasteiger partial charge in [0, 0.05) is 25.2 Å². The molecule has 0 radical (unpaired) electrons. The Labute approximate surface area is 103 Å². The Balaban J connectivity index is 2.05. The Morgan fingerprint density at radius 3 is 2.94 bits per heavy atom. The van der Waals surface area contributed by atoms with Gasteiger partial charge in [-0.1, -0.05) is 0 Å². The van der Waals surface area contributed by atoms with Crippen LogP contribution in [0.5, 0.6) is 0 Å². The second-order valence-corrected chi connectivity index (χ2v) is 4.15. The van der Waals surface area contributed by atoms with Crippen molar-refractivity contribution < 1.29 is 14.7 Å². The van der Waals surface area contributed by atoms with E-state index in [2.05, 4.69) is 15.6 Å². The molecule has 1 amide bonds. The molecule has 2 rings (SSSR count). The molecule has 0 bridgehead atoms. The zero-order valence-electron chi connectivity index (χ0n) is 9.64. The SMILES string of the molecule is Nc1cc(C(=O)O)cnc1NC1CCC(=O)NC1. The van der Waals surface area contributed by atoms with Gasteiger partial charge >= 0.3 is 5.97 Å². The fraction of sp³-hybridized carbons (Fsp3) is 0.364. The van der Waals surface area contributed by atoms with Crippen LogP contribution in [0.1, 0.15) is 23.2 Å². The number of anilines is 2. The normalized spacial score (nSPS) is 19.1. The first-order valence-corrected chi connectivity index (χ1v) is 5.58. The quantitative estimate of drug-likeness (QED) is 0.602. The van der Waals surface area contributed by atoms with Gasteiger partial charge < -0.3 is 21.5 Å². The molecule has 0 spiro atoms. The van der Waals surface area contributed by atoms with Crippen LogP contribution in [0.25, 0.3) is 0 Å². The molecule has 7 heteroatoms. The Hall–Kier alpha value is -2.31. The van der Waals surface area contributed by atoms with E-state index in [4.69, 9.17) is 10.8 Å². The molecule has 0 aromatic carbocycles. The summed E-state index contributed by atoms with van der Waals surface area (Å²) >= 11 is 0. The van der Waals surface area contributed by atoms with Crippen LogP contribution in [0, 0.1) is 0 Å².